The average Bonchev–Trinajstić information content (AvgIpc) is 2.62. The molecular weight excluding hydrogens is 348 g/mol. The Bertz CT molecular complexity index is 792. The first-order valence-electron chi connectivity index (χ1n) is 8.32. The van der Waals surface area contributed by atoms with Crippen molar-refractivity contribution in [1.82, 2.24) is 20.2 Å². The summed E-state index contributed by atoms with van der Waals surface area (Å²) in [4.78, 5) is 33.8. The molecule has 0 fully saturated rings. The van der Waals surface area contributed by atoms with Crippen LogP contribution < -0.4 is 20.7 Å². The standard InChI is InChI=1S/C18H24N6O3/c1-12-8-20-16(10-19-12)23-18(26)22-14-6-5-13(7-15(14)27-4)9-21-17(25)11-24(2)3/h5-8,10H,9,11H2,1-4H3,(H,21,25)(H2,20,22,23,26). The van der Waals surface area contributed by atoms with Crippen molar-refractivity contribution in [1.29, 1.82) is 0 Å². The van der Waals surface area contributed by atoms with Crippen LogP contribution >= 0.6 is 0 Å². The number of ether oxygens (including phenoxy) is 1. The lowest BCUT2D eigenvalue weighted by molar-refractivity contribution is -0.121. The average molecular weight is 372 g/mol. The number of carbonyl (C=O) groups excluding carboxylic acids is 2. The Balaban J connectivity index is 1.97. The lowest BCUT2D eigenvalue weighted by Gasteiger charge is -2.13. The van der Waals surface area contributed by atoms with Crippen molar-refractivity contribution in [2.24, 2.45) is 0 Å². The van der Waals surface area contributed by atoms with Gasteiger partial charge in [-0.15, -0.1) is 0 Å². The molecule has 27 heavy (non-hydrogen) atoms. The first kappa shape index (κ1) is 20.1. The van der Waals surface area contributed by atoms with E-state index in [0.717, 1.165) is 11.3 Å². The number of nitrogens with one attached hydrogen (secondary N) is 3. The SMILES string of the molecule is COc1cc(CNC(=O)CN(C)C)ccc1NC(=O)Nc1cnc(C)cn1. The summed E-state index contributed by atoms with van der Waals surface area (Å²) in [7, 11) is 5.17. The Morgan fingerprint density at radius 3 is 2.56 bits per heavy atom. The lowest BCUT2D eigenvalue weighted by atomic mass is 10.2. The Morgan fingerprint density at radius 2 is 1.93 bits per heavy atom. The van der Waals surface area contributed by atoms with Crippen molar-refractivity contribution in [3.8, 4) is 5.75 Å². The molecule has 0 saturated heterocycles. The Morgan fingerprint density at radius 1 is 1.15 bits per heavy atom. The van der Waals surface area contributed by atoms with Crippen LogP contribution in [0.25, 0.3) is 0 Å². The van der Waals surface area contributed by atoms with Crippen molar-refractivity contribution in [3.05, 3.63) is 41.9 Å². The maximum absolute atomic E-state index is 12.1. The summed E-state index contributed by atoms with van der Waals surface area (Å²) in [5, 5.41) is 8.13. The summed E-state index contributed by atoms with van der Waals surface area (Å²) in [6.07, 6.45) is 3.04. The zero-order valence-electron chi connectivity index (χ0n) is 15.9. The van der Waals surface area contributed by atoms with Gasteiger partial charge in [0.2, 0.25) is 5.91 Å². The fourth-order valence-corrected chi connectivity index (χ4v) is 2.22. The summed E-state index contributed by atoms with van der Waals surface area (Å²) < 4.78 is 5.33. The van der Waals surface area contributed by atoms with E-state index in [0.29, 0.717) is 30.3 Å². The summed E-state index contributed by atoms with van der Waals surface area (Å²) in [5.74, 6) is 0.761. The predicted molar refractivity (Wildman–Crippen MR) is 103 cm³/mol. The van der Waals surface area contributed by atoms with Crippen LogP contribution in [0.3, 0.4) is 0 Å². The molecule has 3 amide bonds. The van der Waals surface area contributed by atoms with Gasteiger partial charge in [0, 0.05) is 6.54 Å². The molecular formula is C18H24N6O3. The summed E-state index contributed by atoms with van der Waals surface area (Å²) in [6.45, 7) is 2.50. The van der Waals surface area contributed by atoms with Gasteiger partial charge >= 0.3 is 6.03 Å². The molecule has 0 aliphatic carbocycles. The van der Waals surface area contributed by atoms with Crippen molar-refractivity contribution >= 4 is 23.4 Å². The number of aryl methyl sites for hydroxylation is 1. The van der Waals surface area contributed by atoms with E-state index in [1.54, 1.807) is 29.3 Å². The first-order valence-corrected chi connectivity index (χ1v) is 8.32. The van der Waals surface area contributed by atoms with E-state index in [2.05, 4.69) is 25.9 Å². The summed E-state index contributed by atoms with van der Waals surface area (Å²) in [6, 6.07) is 4.82. The second-order valence-electron chi connectivity index (χ2n) is 6.17. The highest BCUT2D eigenvalue weighted by molar-refractivity contribution is 6.00. The van der Waals surface area contributed by atoms with E-state index < -0.39 is 6.03 Å². The van der Waals surface area contributed by atoms with Gasteiger partial charge in [-0.2, -0.15) is 0 Å². The van der Waals surface area contributed by atoms with E-state index in [1.165, 1.54) is 13.3 Å². The predicted octanol–water partition coefficient (Wildman–Crippen LogP) is 1.62. The number of likely N-dealkylation sites (N-methyl/N-ethyl adjacent to an activating group) is 1. The van der Waals surface area contributed by atoms with Crippen LogP contribution in [0.15, 0.2) is 30.6 Å². The van der Waals surface area contributed by atoms with Crippen LogP contribution in [0.1, 0.15) is 11.3 Å². The van der Waals surface area contributed by atoms with Gasteiger partial charge in [-0.3, -0.25) is 15.1 Å². The van der Waals surface area contributed by atoms with Gasteiger partial charge in [0.25, 0.3) is 0 Å². The van der Waals surface area contributed by atoms with Crippen LogP contribution in [0.4, 0.5) is 16.3 Å². The molecule has 0 bridgehead atoms. The van der Waals surface area contributed by atoms with Crippen LogP contribution in [-0.4, -0.2) is 54.6 Å². The maximum atomic E-state index is 12.1. The fourth-order valence-electron chi connectivity index (χ4n) is 2.22. The van der Waals surface area contributed by atoms with Gasteiger partial charge in [0.05, 0.1) is 37.4 Å². The normalized spacial score (nSPS) is 10.4. The third-order valence-electron chi connectivity index (χ3n) is 3.49. The highest BCUT2D eigenvalue weighted by atomic mass is 16.5. The number of urea groups is 1. The number of carbonyl (C=O) groups is 2. The molecule has 0 aliphatic heterocycles. The van der Waals surface area contributed by atoms with Gasteiger partial charge < -0.3 is 20.3 Å². The van der Waals surface area contributed by atoms with Crippen LogP contribution in [0.2, 0.25) is 0 Å². The maximum Gasteiger partial charge on any atom is 0.324 e. The molecule has 0 atom stereocenters. The smallest absolute Gasteiger partial charge is 0.324 e. The topological polar surface area (TPSA) is 108 Å². The monoisotopic (exact) mass is 372 g/mol. The molecule has 0 aliphatic rings. The van der Waals surface area contributed by atoms with E-state index in [9.17, 15) is 9.59 Å². The second-order valence-corrected chi connectivity index (χ2v) is 6.17. The Labute approximate surface area is 158 Å². The van der Waals surface area contributed by atoms with Gasteiger partial charge in [0.15, 0.2) is 5.82 Å². The van der Waals surface area contributed by atoms with E-state index in [4.69, 9.17) is 4.74 Å². The largest absolute Gasteiger partial charge is 0.495 e. The number of anilines is 2. The Kier molecular flexibility index (Phi) is 7.07. The first-order chi connectivity index (χ1) is 12.9. The molecule has 0 unspecified atom stereocenters. The molecule has 0 saturated carbocycles. The molecule has 9 heteroatoms. The second kappa shape index (κ2) is 9.48. The van der Waals surface area contributed by atoms with Crippen LogP contribution in [0, 0.1) is 6.92 Å². The minimum atomic E-state index is -0.460. The molecule has 1 heterocycles. The molecule has 144 valence electrons. The highest BCUT2D eigenvalue weighted by Gasteiger charge is 2.10. The molecule has 0 spiro atoms. The third kappa shape index (κ3) is 6.55. The zero-order valence-corrected chi connectivity index (χ0v) is 15.9. The fraction of sp³-hybridized carbons (Fsp3) is 0.333. The number of methoxy groups -OCH3 is 1. The molecule has 9 nitrogen and oxygen atoms in total. The number of amides is 3. The van der Waals surface area contributed by atoms with Crippen LogP contribution in [0.5, 0.6) is 5.75 Å². The lowest BCUT2D eigenvalue weighted by Crippen LogP contribution is -2.32. The summed E-state index contributed by atoms with van der Waals surface area (Å²) in [5.41, 5.74) is 2.11. The number of rotatable bonds is 7. The minimum Gasteiger partial charge on any atom is -0.495 e. The minimum absolute atomic E-state index is 0.0697. The van der Waals surface area contributed by atoms with Crippen molar-refractivity contribution < 1.29 is 14.3 Å². The van der Waals surface area contributed by atoms with Gasteiger partial charge in [0.1, 0.15) is 5.75 Å². The number of nitrogens with zero attached hydrogens (tertiary/aromatic N) is 3. The third-order valence-corrected chi connectivity index (χ3v) is 3.49. The van der Waals surface area contributed by atoms with E-state index in [-0.39, 0.29) is 5.91 Å². The highest BCUT2D eigenvalue weighted by Crippen LogP contribution is 2.25. The van der Waals surface area contributed by atoms with Crippen LogP contribution in [-0.2, 0) is 11.3 Å². The number of aromatic nitrogens is 2. The van der Waals surface area contributed by atoms with Crippen molar-refractivity contribution in [3.63, 3.8) is 0 Å². The molecule has 0 radical (unpaired) electrons. The van der Waals surface area contributed by atoms with E-state index in [1.807, 2.05) is 21.0 Å². The number of hydrogen-bond donors (Lipinski definition) is 3. The Hall–Kier alpha value is -3.20. The van der Waals surface area contributed by atoms with Crippen molar-refractivity contribution in [2.45, 2.75) is 13.5 Å². The molecule has 3 N–H and O–H groups in total. The van der Waals surface area contributed by atoms with Gasteiger partial charge in [-0.05, 0) is 38.7 Å². The van der Waals surface area contributed by atoms with Gasteiger partial charge in [-0.25, -0.2) is 9.78 Å². The molecule has 1 aromatic carbocycles. The van der Waals surface area contributed by atoms with Crippen molar-refractivity contribution in [2.75, 3.05) is 38.4 Å². The molecule has 1 aromatic heterocycles. The molecule has 2 aromatic rings. The zero-order chi connectivity index (χ0) is 19.8. The molecule has 2 rings (SSSR count). The van der Waals surface area contributed by atoms with E-state index >= 15 is 0 Å². The quantitative estimate of drug-likeness (QED) is 0.681. The number of hydrogen-bond acceptors (Lipinski definition) is 6. The van der Waals surface area contributed by atoms with Gasteiger partial charge in [-0.1, -0.05) is 6.07 Å². The number of benzene rings is 1. The summed E-state index contributed by atoms with van der Waals surface area (Å²) >= 11 is 0.